The predicted molar refractivity (Wildman–Crippen MR) is 87.9 cm³/mol. The van der Waals surface area contributed by atoms with Crippen molar-refractivity contribution < 1.29 is 17.3 Å². The standard InChI is InChI=1S/C15H11N3O4S2/c19-24(20,14-5-1-3-11-15(14)18-23-17-11)16-9-10-6-7-13(22-10)12-4-2-8-21-12/h1-8,16H,9H2. The molecule has 24 heavy (non-hydrogen) atoms. The van der Waals surface area contributed by atoms with Crippen LogP contribution in [0, 0.1) is 0 Å². The van der Waals surface area contributed by atoms with Gasteiger partial charge in [-0.25, -0.2) is 13.1 Å². The number of furan rings is 2. The molecule has 0 saturated carbocycles. The van der Waals surface area contributed by atoms with Gasteiger partial charge < -0.3 is 8.83 Å². The Morgan fingerprint density at radius 1 is 1.04 bits per heavy atom. The molecular formula is C15H11N3O4S2. The van der Waals surface area contributed by atoms with Crippen molar-refractivity contribution in [2.45, 2.75) is 11.4 Å². The lowest BCUT2D eigenvalue weighted by Crippen LogP contribution is -2.23. The van der Waals surface area contributed by atoms with Gasteiger partial charge >= 0.3 is 0 Å². The van der Waals surface area contributed by atoms with E-state index in [4.69, 9.17) is 8.83 Å². The van der Waals surface area contributed by atoms with Crippen LogP contribution in [0.4, 0.5) is 0 Å². The van der Waals surface area contributed by atoms with Crippen LogP contribution < -0.4 is 4.72 Å². The first-order chi connectivity index (χ1) is 11.6. The summed E-state index contributed by atoms with van der Waals surface area (Å²) in [7, 11) is -3.73. The van der Waals surface area contributed by atoms with Gasteiger partial charge in [0.05, 0.1) is 24.5 Å². The van der Waals surface area contributed by atoms with Gasteiger partial charge in [-0.3, -0.25) is 0 Å². The van der Waals surface area contributed by atoms with Gasteiger partial charge in [-0.15, -0.1) is 0 Å². The summed E-state index contributed by atoms with van der Waals surface area (Å²) in [5.74, 6) is 1.61. The molecule has 4 rings (SSSR count). The summed E-state index contributed by atoms with van der Waals surface area (Å²) in [4.78, 5) is 0.103. The molecule has 122 valence electrons. The van der Waals surface area contributed by atoms with E-state index < -0.39 is 10.0 Å². The Morgan fingerprint density at radius 2 is 1.96 bits per heavy atom. The van der Waals surface area contributed by atoms with Crippen molar-refractivity contribution in [2.75, 3.05) is 0 Å². The van der Waals surface area contributed by atoms with Crippen LogP contribution in [0.15, 0.2) is 62.5 Å². The Hall–Kier alpha value is -2.49. The Morgan fingerprint density at radius 3 is 2.79 bits per heavy atom. The molecule has 0 aliphatic rings. The van der Waals surface area contributed by atoms with Gasteiger partial charge in [0.2, 0.25) is 10.0 Å². The topological polar surface area (TPSA) is 98.2 Å². The lowest BCUT2D eigenvalue weighted by atomic mass is 10.3. The number of sulfonamides is 1. The van der Waals surface area contributed by atoms with Gasteiger partial charge in [-0.05, 0) is 36.4 Å². The van der Waals surface area contributed by atoms with E-state index in [1.165, 1.54) is 6.07 Å². The molecule has 0 spiro atoms. The summed E-state index contributed by atoms with van der Waals surface area (Å²) in [5.41, 5.74) is 0.923. The van der Waals surface area contributed by atoms with E-state index >= 15 is 0 Å². The Kier molecular flexibility index (Phi) is 3.68. The number of hydrogen-bond donors (Lipinski definition) is 1. The average molecular weight is 361 g/mol. The molecule has 0 unspecified atom stereocenters. The first kappa shape index (κ1) is 15.1. The van der Waals surface area contributed by atoms with Crippen LogP contribution in [0.1, 0.15) is 5.76 Å². The highest BCUT2D eigenvalue weighted by molar-refractivity contribution is 7.89. The maximum absolute atomic E-state index is 12.5. The molecule has 3 heterocycles. The number of aromatic nitrogens is 2. The van der Waals surface area contributed by atoms with Crippen molar-refractivity contribution in [3.8, 4) is 11.5 Å². The monoisotopic (exact) mass is 361 g/mol. The largest absolute Gasteiger partial charge is 0.461 e. The highest BCUT2D eigenvalue weighted by Gasteiger charge is 2.20. The first-order valence-electron chi connectivity index (χ1n) is 6.97. The van der Waals surface area contributed by atoms with Crippen LogP contribution in [0.5, 0.6) is 0 Å². The highest BCUT2D eigenvalue weighted by Crippen LogP contribution is 2.24. The summed E-state index contributed by atoms with van der Waals surface area (Å²) >= 11 is 0.978. The van der Waals surface area contributed by atoms with Gasteiger partial charge in [0.25, 0.3) is 0 Å². The normalized spacial score (nSPS) is 12.0. The van der Waals surface area contributed by atoms with Gasteiger partial charge in [0, 0.05) is 0 Å². The second-order valence-corrected chi connectivity index (χ2v) is 7.22. The van der Waals surface area contributed by atoms with Crippen LogP contribution >= 0.6 is 11.7 Å². The first-order valence-corrected chi connectivity index (χ1v) is 9.18. The molecule has 0 radical (unpaired) electrons. The minimum Gasteiger partial charge on any atom is -0.461 e. The molecule has 0 saturated heterocycles. The average Bonchev–Trinajstić information content (AvgIpc) is 3.32. The Balaban J connectivity index is 1.56. The van der Waals surface area contributed by atoms with Crippen LogP contribution in [0.25, 0.3) is 22.6 Å². The zero-order valence-electron chi connectivity index (χ0n) is 12.2. The molecule has 4 aromatic rings. The maximum Gasteiger partial charge on any atom is 0.243 e. The molecule has 9 heteroatoms. The summed E-state index contributed by atoms with van der Waals surface area (Å²) in [6, 6.07) is 11.8. The van der Waals surface area contributed by atoms with E-state index in [1.807, 2.05) is 0 Å². The van der Waals surface area contributed by atoms with Crippen molar-refractivity contribution in [1.82, 2.24) is 13.5 Å². The van der Waals surface area contributed by atoms with E-state index in [-0.39, 0.29) is 11.4 Å². The summed E-state index contributed by atoms with van der Waals surface area (Å²) in [5, 5.41) is 0. The Labute approximate surface area is 141 Å². The summed E-state index contributed by atoms with van der Waals surface area (Å²) < 4.78 is 46.5. The van der Waals surface area contributed by atoms with E-state index in [0.29, 0.717) is 28.3 Å². The Bertz CT molecular complexity index is 1080. The van der Waals surface area contributed by atoms with Crippen molar-refractivity contribution in [2.24, 2.45) is 0 Å². The molecule has 0 atom stereocenters. The molecule has 7 nitrogen and oxygen atoms in total. The number of benzene rings is 1. The van der Waals surface area contributed by atoms with E-state index in [2.05, 4.69) is 13.5 Å². The van der Waals surface area contributed by atoms with Crippen molar-refractivity contribution in [1.29, 1.82) is 0 Å². The molecule has 1 aromatic carbocycles. The summed E-state index contributed by atoms with van der Waals surface area (Å²) in [6.45, 7) is 0.0248. The third-order valence-electron chi connectivity index (χ3n) is 3.40. The lowest BCUT2D eigenvalue weighted by molar-refractivity contribution is 0.485. The number of rotatable bonds is 5. The van der Waals surface area contributed by atoms with Gasteiger partial charge in [-0.2, -0.15) is 8.75 Å². The van der Waals surface area contributed by atoms with E-state index in [9.17, 15) is 8.42 Å². The van der Waals surface area contributed by atoms with Gasteiger partial charge in [0.1, 0.15) is 21.7 Å². The van der Waals surface area contributed by atoms with Gasteiger partial charge in [-0.1, -0.05) is 6.07 Å². The number of nitrogens with one attached hydrogen (secondary N) is 1. The quantitative estimate of drug-likeness (QED) is 0.587. The molecule has 0 amide bonds. The maximum atomic E-state index is 12.5. The fraction of sp³-hybridized carbons (Fsp3) is 0.0667. The second-order valence-electron chi connectivity index (χ2n) is 4.96. The minimum atomic E-state index is -3.73. The number of nitrogens with zero attached hydrogens (tertiary/aromatic N) is 2. The molecule has 0 bridgehead atoms. The zero-order chi connectivity index (χ0) is 16.6. The fourth-order valence-electron chi connectivity index (χ4n) is 2.27. The fourth-order valence-corrected chi connectivity index (χ4v) is 4.02. The molecule has 0 aliphatic heterocycles. The van der Waals surface area contributed by atoms with Crippen LogP contribution in [0.2, 0.25) is 0 Å². The number of hydrogen-bond acceptors (Lipinski definition) is 7. The molecular weight excluding hydrogens is 350 g/mol. The van der Waals surface area contributed by atoms with Crippen molar-refractivity contribution >= 4 is 32.8 Å². The van der Waals surface area contributed by atoms with Crippen molar-refractivity contribution in [3.05, 3.63) is 54.5 Å². The SMILES string of the molecule is O=S(=O)(NCc1ccc(-c2ccco2)o1)c1cccc2nsnc12. The lowest BCUT2D eigenvalue weighted by Gasteiger charge is -2.05. The third kappa shape index (κ3) is 2.73. The minimum absolute atomic E-state index is 0.0248. The summed E-state index contributed by atoms with van der Waals surface area (Å²) in [6.07, 6.45) is 1.54. The molecule has 3 aromatic heterocycles. The van der Waals surface area contributed by atoms with Crippen LogP contribution in [-0.4, -0.2) is 17.2 Å². The third-order valence-corrected chi connectivity index (χ3v) is 5.38. The molecule has 0 fully saturated rings. The van der Waals surface area contributed by atoms with Crippen molar-refractivity contribution in [3.63, 3.8) is 0 Å². The molecule has 0 aliphatic carbocycles. The van der Waals surface area contributed by atoms with Crippen LogP contribution in [-0.2, 0) is 16.6 Å². The predicted octanol–water partition coefficient (Wildman–Crippen LogP) is 3.02. The number of fused-ring (bicyclic) bond motifs is 1. The highest BCUT2D eigenvalue weighted by atomic mass is 32.2. The van der Waals surface area contributed by atoms with E-state index in [1.54, 1.807) is 42.7 Å². The van der Waals surface area contributed by atoms with Crippen LogP contribution in [0.3, 0.4) is 0 Å². The molecule has 1 N–H and O–H groups in total. The zero-order valence-corrected chi connectivity index (χ0v) is 13.8. The van der Waals surface area contributed by atoms with E-state index in [0.717, 1.165) is 11.7 Å². The smallest absolute Gasteiger partial charge is 0.243 e. The van der Waals surface area contributed by atoms with Gasteiger partial charge in [0.15, 0.2) is 11.5 Å². The second kappa shape index (κ2) is 5.86.